The zero-order valence-electron chi connectivity index (χ0n) is 6.39. The van der Waals surface area contributed by atoms with Crippen LogP contribution in [0.5, 0.6) is 0 Å². The first-order chi connectivity index (χ1) is 6.00. The molecule has 1 heterocycles. The Bertz CT molecular complexity index is 280. The lowest BCUT2D eigenvalue weighted by molar-refractivity contribution is -0.173. The molecule has 0 saturated heterocycles. The minimum Gasteiger partial charge on any atom is -0.344 e. The van der Waals surface area contributed by atoms with Gasteiger partial charge in [0.05, 0.1) is 0 Å². The van der Waals surface area contributed by atoms with Crippen molar-refractivity contribution in [2.45, 2.75) is 12.7 Å². The average Bonchev–Trinajstić information content (AvgIpc) is 2.50. The number of rotatable bonds is 2. The Morgan fingerprint density at radius 2 is 2.23 bits per heavy atom. The molecule has 1 rings (SSSR count). The van der Waals surface area contributed by atoms with E-state index in [0.717, 1.165) is 0 Å². The van der Waals surface area contributed by atoms with Gasteiger partial charge in [0.15, 0.2) is 0 Å². The van der Waals surface area contributed by atoms with Crippen molar-refractivity contribution in [2.24, 2.45) is 0 Å². The van der Waals surface area contributed by atoms with E-state index in [1.165, 1.54) is 11.3 Å². The summed E-state index contributed by atoms with van der Waals surface area (Å²) in [7, 11) is 0. The van der Waals surface area contributed by atoms with Crippen LogP contribution in [0.3, 0.4) is 0 Å². The maximum atomic E-state index is 11.7. The molecule has 6 heteroatoms. The Labute approximate surface area is 76.4 Å². The molecular formula is C7H6F3NOS. The van der Waals surface area contributed by atoms with Crippen LogP contribution < -0.4 is 5.32 Å². The highest BCUT2D eigenvalue weighted by molar-refractivity contribution is 7.07. The fraction of sp³-hybridized carbons (Fsp3) is 0.286. The van der Waals surface area contributed by atoms with Crippen molar-refractivity contribution in [3.05, 3.63) is 22.4 Å². The molecule has 0 radical (unpaired) electrons. The molecule has 0 saturated carbocycles. The molecule has 0 bridgehead atoms. The van der Waals surface area contributed by atoms with Crippen molar-refractivity contribution in [3.63, 3.8) is 0 Å². The van der Waals surface area contributed by atoms with E-state index in [1.54, 1.807) is 22.1 Å². The smallest absolute Gasteiger partial charge is 0.344 e. The molecule has 1 aromatic heterocycles. The zero-order valence-corrected chi connectivity index (χ0v) is 7.21. The van der Waals surface area contributed by atoms with E-state index < -0.39 is 12.1 Å². The van der Waals surface area contributed by atoms with Crippen LogP contribution in [-0.4, -0.2) is 12.1 Å². The summed E-state index contributed by atoms with van der Waals surface area (Å²) < 4.78 is 35.0. The lowest BCUT2D eigenvalue weighted by atomic mass is 10.3. The topological polar surface area (TPSA) is 29.1 Å². The Kier molecular flexibility index (Phi) is 2.92. The van der Waals surface area contributed by atoms with E-state index in [-0.39, 0.29) is 6.54 Å². The van der Waals surface area contributed by atoms with Gasteiger partial charge in [0.25, 0.3) is 0 Å². The summed E-state index contributed by atoms with van der Waals surface area (Å²) in [5, 5.41) is 5.18. The summed E-state index contributed by atoms with van der Waals surface area (Å²) in [5.74, 6) is -1.90. The van der Waals surface area contributed by atoms with Gasteiger partial charge < -0.3 is 5.32 Å². The number of nitrogens with one attached hydrogen (secondary N) is 1. The molecule has 0 unspecified atom stereocenters. The quantitative estimate of drug-likeness (QED) is 0.792. The second kappa shape index (κ2) is 3.78. The van der Waals surface area contributed by atoms with Gasteiger partial charge in [0.1, 0.15) is 0 Å². The van der Waals surface area contributed by atoms with Crippen LogP contribution in [-0.2, 0) is 11.3 Å². The van der Waals surface area contributed by atoms with Crippen LogP contribution in [0.2, 0.25) is 0 Å². The van der Waals surface area contributed by atoms with Crippen molar-refractivity contribution in [3.8, 4) is 0 Å². The average molecular weight is 209 g/mol. The Hall–Kier alpha value is -1.04. The van der Waals surface area contributed by atoms with Crippen molar-refractivity contribution in [1.29, 1.82) is 0 Å². The van der Waals surface area contributed by atoms with Gasteiger partial charge >= 0.3 is 12.1 Å². The number of hydrogen-bond acceptors (Lipinski definition) is 2. The molecule has 1 N–H and O–H groups in total. The molecule has 1 aromatic rings. The third kappa shape index (κ3) is 3.06. The molecule has 0 aliphatic rings. The summed E-state index contributed by atoms with van der Waals surface area (Å²) >= 11 is 1.37. The fourth-order valence-corrected chi connectivity index (χ4v) is 1.34. The first-order valence-electron chi connectivity index (χ1n) is 3.36. The first-order valence-corrected chi connectivity index (χ1v) is 4.30. The second-order valence-corrected chi connectivity index (χ2v) is 3.09. The van der Waals surface area contributed by atoms with Gasteiger partial charge in [-0.15, -0.1) is 0 Å². The van der Waals surface area contributed by atoms with Crippen LogP contribution in [0, 0.1) is 0 Å². The zero-order chi connectivity index (χ0) is 9.90. The van der Waals surface area contributed by atoms with Gasteiger partial charge in [0.2, 0.25) is 0 Å². The van der Waals surface area contributed by atoms with E-state index in [9.17, 15) is 18.0 Å². The van der Waals surface area contributed by atoms with Crippen LogP contribution >= 0.6 is 11.3 Å². The maximum Gasteiger partial charge on any atom is 0.471 e. The molecule has 13 heavy (non-hydrogen) atoms. The maximum absolute atomic E-state index is 11.7. The summed E-state index contributed by atoms with van der Waals surface area (Å²) in [4.78, 5) is 10.3. The molecular weight excluding hydrogens is 203 g/mol. The Morgan fingerprint density at radius 3 is 2.69 bits per heavy atom. The molecule has 2 nitrogen and oxygen atoms in total. The van der Waals surface area contributed by atoms with E-state index in [4.69, 9.17) is 0 Å². The highest BCUT2D eigenvalue weighted by Gasteiger charge is 2.38. The third-order valence-corrected chi connectivity index (χ3v) is 2.02. The van der Waals surface area contributed by atoms with Gasteiger partial charge in [-0.1, -0.05) is 0 Å². The highest BCUT2D eigenvalue weighted by atomic mass is 32.1. The molecule has 0 aromatic carbocycles. The van der Waals surface area contributed by atoms with Crippen LogP contribution in [0.15, 0.2) is 16.8 Å². The summed E-state index contributed by atoms with van der Waals surface area (Å²) in [6, 6.07) is 1.65. The Morgan fingerprint density at radius 1 is 1.54 bits per heavy atom. The molecule has 0 aliphatic heterocycles. The number of thiophene rings is 1. The lowest BCUT2D eigenvalue weighted by Crippen LogP contribution is -2.36. The number of amides is 1. The largest absolute Gasteiger partial charge is 0.471 e. The van der Waals surface area contributed by atoms with E-state index in [0.29, 0.717) is 5.56 Å². The summed E-state index contributed by atoms with van der Waals surface area (Å²) in [5.41, 5.74) is 0.669. The predicted octanol–water partition coefficient (Wildman–Crippen LogP) is 1.93. The summed E-state index contributed by atoms with van der Waals surface area (Å²) in [6.45, 7) is -0.0815. The SMILES string of the molecule is O=C(NCc1ccsc1)C(F)(F)F. The molecule has 0 fully saturated rings. The number of carbonyl (C=O) groups is 1. The monoisotopic (exact) mass is 209 g/mol. The normalized spacial score (nSPS) is 11.3. The van der Waals surface area contributed by atoms with E-state index >= 15 is 0 Å². The van der Waals surface area contributed by atoms with Crippen LogP contribution in [0.25, 0.3) is 0 Å². The van der Waals surface area contributed by atoms with Gasteiger partial charge in [-0.05, 0) is 22.4 Å². The third-order valence-electron chi connectivity index (χ3n) is 1.29. The van der Waals surface area contributed by atoms with Crippen molar-refractivity contribution < 1.29 is 18.0 Å². The highest BCUT2D eigenvalue weighted by Crippen LogP contribution is 2.14. The van der Waals surface area contributed by atoms with Gasteiger partial charge in [-0.25, -0.2) is 0 Å². The number of halogens is 3. The minimum atomic E-state index is -4.80. The fourth-order valence-electron chi connectivity index (χ4n) is 0.676. The molecule has 0 spiro atoms. The first kappa shape index (κ1) is 10.0. The van der Waals surface area contributed by atoms with E-state index in [1.807, 2.05) is 0 Å². The second-order valence-electron chi connectivity index (χ2n) is 2.31. The van der Waals surface area contributed by atoms with Gasteiger partial charge in [0, 0.05) is 6.54 Å². The summed E-state index contributed by atoms with van der Waals surface area (Å²) in [6.07, 6.45) is -4.80. The lowest BCUT2D eigenvalue weighted by Gasteiger charge is -2.06. The Balaban J connectivity index is 2.40. The number of alkyl halides is 3. The molecule has 0 atom stereocenters. The van der Waals surface area contributed by atoms with Gasteiger partial charge in [-0.2, -0.15) is 24.5 Å². The standard InChI is InChI=1S/C7H6F3NOS/c8-7(9,10)6(12)11-3-5-1-2-13-4-5/h1-2,4H,3H2,(H,11,12). The van der Waals surface area contributed by atoms with Crippen LogP contribution in [0.4, 0.5) is 13.2 Å². The minimum absolute atomic E-state index is 0.0815. The molecule has 72 valence electrons. The molecule has 0 aliphatic carbocycles. The van der Waals surface area contributed by atoms with Gasteiger partial charge in [-0.3, -0.25) is 4.79 Å². The van der Waals surface area contributed by atoms with Crippen molar-refractivity contribution in [2.75, 3.05) is 0 Å². The van der Waals surface area contributed by atoms with Crippen molar-refractivity contribution >= 4 is 17.2 Å². The van der Waals surface area contributed by atoms with Crippen molar-refractivity contribution in [1.82, 2.24) is 5.32 Å². The number of hydrogen-bond donors (Lipinski definition) is 1. The predicted molar refractivity (Wildman–Crippen MR) is 42.2 cm³/mol. The number of carbonyl (C=O) groups excluding carboxylic acids is 1. The van der Waals surface area contributed by atoms with E-state index in [2.05, 4.69) is 0 Å². The molecule has 1 amide bonds. The van der Waals surface area contributed by atoms with Crippen LogP contribution in [0.1, 0.15) is 5.56 Å².